The molecule has 0 radical (unpaired) electrons. The first kappa shape index (κ1) is 10.3. The SMILES string of the molecule is Nc1nnc(NCCc2ccc(Cl)s2)o1. The number of thiophene rings is 1. The number of nitrogens with one attached hydrogen (secondary N) is 1. The van der Waals surface area contributed by atoms with E-state index in [1.165, 1.54) is 4.88 Å². The van der Waals surface area contributed by atoms with Gasteiger partial charge in [0.15, 0.2) is 0 Å². The molecule has 0 saturated heterocycles. The Kier molecular flexibility index (Phi) is 3.08. The van der Waals surface area contributed by atoms with Crippen LogP contribution in [0.2, 0.25) is 4.34 Å². The van der Waals surface area contributed by atoms with Gasteiger partial charge in [-0.2, -0.15) is 0 Å². The molecule has 0 aliphatic heterocycles. The normalized spacial score (nSPS) is 10.5. The lowest BCUT2D eigenvalue weighted by Gasteiger charge is -1.97. The van der Waals surface area contributed by atoms with E-state index in [1.807, 2.05) is 12.1 Å². The minimum Gasteiger partial charge on any atom is -0.390 e. The van der Waals surface area contributed by atoms with Gasteiger partial charge in [0.25, 0.3) is 0 Å². The zero-order valence-corrected chi connectivity index (χ0v) is 9.31. The van der Waals surface area contributed by atoms with E-state index in [0.29, 0.717) is 12.6 Å². The largest absolute Gasteiger partial charge is 0.390 e. The fraction of sp³-hybridized carbons (Fsp3) is 0.250. The lowest BCUT2D eigenvalue weighted by molar-refractivity contribution is 0.586. The van der Waals surface area contributed by atoms with Gasteiger partial charge in [0.05, 0.1) is 4.34 Å². The van der Waals surface area contributed by atoms with Gasteiger partial charge in [-0.1, -0.05) is 21.8 Å². The number of anilines is 2. The Balaban J connectivity index is 1.80. The van der Waals surface area contributed by atoms with Crippen LogP contribution in [0.25, 0.3) is 0 Å². The summed E-state index contributed by atoms with van der Waals surface area (Å²) in [5, 5.41) is 10.2. The van der Waals surface area contributed by atoms with E-state index in [-0.39, 0.29) is 6.01 Å². The topological polar surface area (TPSA) is 77.0 Å². The minimum absolute atomic E-state index is 0.0664. The van der Waals surface area contributed by atoms with Gasteiger partial charge in [-0.15, -0.1) is 11.3 Å². The molecule has 0 aliphatic carbocycles. The Bertz CT molecular complexity index is 401. The molecule has 2 aromatic heterocycles. The van der Waals surface area contributed by atoms with Crippen LogP contribution in [-0.4, -0.2) is 16.7 Å². The molecule has 80 valence electrons. The molecular weight excluding hydrogens is 236 g/mol. The van der Waals surface area contributed by atoms with Crippen molar-refractivity contribution in [2.24, 2.45) is 0 Å². The summed E-state index contributed by atoms with van der Waals surface area (Å²) in [4.78, 5) is 1.21. The van der Waals surface area contributed by atoms with Gasteiger partial charge in [0.1, 0.15) is 0 Å². The summed E-state index contributed by atoms with van der Waals surface area (Å²) in [6.07, 6.45) is 0.861. The Morgan fingerprint density at radius 3 is 2.93 bits per heavy atom. The van der Waals surface area contributed by atoms with E-state index >= 15 is 0 Å². The van der Waals surface area contributed by atoms with E-state index in [0.717, 1.165) is 10.8 Å². The second-order valence-electron chi connectivity index (χ2n) is 2.83. The average molecular weight is 245 g/mol. The van der Waals surface area contributed by atoms with Crippen molar-refractivity contribution in [1.82, 2.24) is 10.2 Å². The van der Waals surface area contributed by atoms with Crippen LogP contribution >= 0.6 is 22.9 Å². The maximum atomic E-state index is 5.80. The van der Waals surface area contributed by atoms with E-state index in [1.54, 1.807) is 11.3 Å². The third-order valence-electron chi connectivity index (χ3n) is 1.72. The first-order valence-electron chi connectivity index (χ1n) is 4.31. The summed E-state index contributed by atoms with van der Waals surface area (Å²) in [6.45, 7) is 0.707. The fourth-order valence-corrected chi connectivity index (χ4v) is 2.17. The molecule has 0 aliphatic rings. The van der Waals surface area contributed by atoms with Gasteiger partial charge >= 0.3 is 12.0 Å². The van der Waals surface area contributed by atoms with E-state index < -0.39 is 0 Å². The molecule has 0 saturated carbocycles. The van der Waals surface area contributed by atoms with Crippen molar-refractivity contribution in [3.63, 3.8) is 0 Å². The number of halogens is 1. The molecule has 0 aromatic carbocycles. The molecule has 3 N–H and O–H groups in total. The standard InChI is InChI=1S/C8H9ClN4OS/c9-6-2-1-5(15-6)3-4-11-8-13-12-7(10)14-8/h1-2H,3-4H2,(H2,10,12)(H,11,13). The average Bonchev–Trinajstić information content (AvgIpc) is 2.76. The summed E-state index contributed by atoms with van der Waals surface area (Å²) < 4.78 is 5.75. The molecule has 0 fully saturated rings. The third kappa shape index (κ3) is 2.84. The van der Waals surface area contributed by atoms with Crippen LogP contribution in [0.15, 0.2) is 16.5 Å². The first-order chi connectivity index (χ1) is 7.24. The van der Waals surface area contributed by atoms with Gasteiger partial charge in [-0.3, -0.25) is 0 Å². The molecule has 0 unspecified atom stereocenters. The van der Waals surface area contributed by atoms with E-state index in [2.05, 4.69) is 15.5 Å². The number of nitrogens with zero attached hydrogens (tertiary/aromatic N) is 2. The van der Waals surface area contributed by atoms with Crippen molar-refractivity contribution < 1.29 is 4.42 Å². The molecule has 0 amide bonds. The molecule has 5 nitrogen and oxygen atoms in total. The Morgan fingerprint density at radius 1 is 1.47 bits per heavy atom. The summed E-state index contributed by atoms with van der Waals surface area (Å²) >= 11 is 7.36. The van der Waals surface area contributed by atoms with Crippen molar-refractivity contribution >= 4 is 35.0 Å². The Morgan fingerprint density at radius 2 is 2.33 bits per heavy atom. The van der Waals surface area contributed by atoms with Crippen molar-refractivity contribution in [3.05, 3.63) is 21.3 Å². The Hall–Kier alpha value is -1.27. The van der Waals surface area contributed by atoms with Gasteiger partial charge < -0.3 is 15.5 Å². The highest BCUT2D eigenvalue weighted by Crippen LogP contribution is 2.21. The summed E-state index contributed by atoms with van der Waals surface area (Å²) in [5.41, 5.74) is 5.27. The van der Waals surface area contributed by atoms with Crippen LogP contribution in [0.1, 0.15) is 4.88 Å². The molecule has 0 spiro atoms. The van der Waals surface area contributed by atoms with E-state index in [9.17, 15) is 0 Å². The first-order valence-corrected chi connectivity index (χ1v) is 5.50. The van der Waals surface area contributed by atoms with Crippen molar-refractivity contribution in [1.29, 1.82) is 0 Å². The molecule has 0 bridgehead atoms. The molecule has 2 heterocycles. The predicted octanol–water partition coefficient (Wildman–Crippen LogP) is 2.02. The van der Waals surface area contributed by atoms with Crippen LogP contribution in [0.3, 0.4) is 0 Å². The predicted molar refractivity (Wildman–Crippen MR) is 60.2 cm³/mol. The van der Waals surface area contributed by atoms with Gasteiger partial charge in [0.2, 0.25) is 0 Å². The Labute approximate surface area is 95.3 Å². The fourth-order valence-electron chi connectivity index (χ4n) is 1.08. The second-order valence-corrected chi connectivity index (χ2v) is 4.63. The van der Waals surface area contributed by atoms with Crippen molar-refractivity contribution in [3.8, 4) is 0 Å². The number of rotatable bonds is 4. The van der Waals surface area contributed by atoms with Crippen LogP contribution in [0, 0.1) is 0 Å². The highest BCUT2D eigenvalue weighted by Gasteiger charge is 2.02. The molecule has 15 heavy (non-hydrogen) atoms. The monoisotopic (exact) mass is 244 g/mol. The molecule has 2 aromatic rings. The molecule has 7 heteroatoms. The van der Waals surface area contributed by atoms with Gasteiger partial charge in [0, 0.05) is 11.4 Å². The lowest BCUT2D eigenvalue weighted by Crippen LogP contribution is -2.03. The number of nitrogens with two attached hydrogens (primary N) is 1. The molecule has 0 atom stereocenters. The highest BCUT2D eigenvalue weighted by atomic mass is 35.5. The highest BCUT2D eigenvalue weighted by molar-refractivity contribution is 7.16. The number of aromatic nitrogens is 2. The molecule has 2 rings (SSSR count). The number of hydrogen-bond donors (Lipinski definition) is 2. The van der Waals surface area contributed by atoms with Crippen molar-refractivity contribution in [2.45, 2.75) is 6.42 Å². The lowest BCUT2D eigenvalue weighted by atomic mass is 10.3. The maximum absolute atomic E-state index is 5.80. The quantitative estimate of drug-likeness (QED) is 0.861. The van der Waals surface area contributed by atoms with Crippen molar-refractivity contribution in [2.75, 3.05) is 17.6 Å². The second kappa shape index (κ2) is 4.50. The maximum Gasteiger partial charge on any atom is 0.316 e. The summed E-state index contributed by atoms with van der Waals surface area (Å²) in [5.74, 6) is 0. The van der Waals surface area contributed by atoms with Gasteiger partial charge in [-0.25, -0.2) is 0 Å². The number of nitrogen functional groups attached to an aromatic ring is 1. The zero-order valence-electron chi connectivity index (χ0n) is 7.74. The summed E-state index contributed by atoms with van der Waals surface area (Å²) in [7, 11) is 0. The van der Waals surface area contributed by atoms with Crippen LogP contribution in [0.4, 0.5) is 12.0 Å². The zero-order chi connectivity index (χ0) is 10.7. The third-order valence-corrected chi connectivity index (χ3v) is 3.01. The van der Waals surface area contributed by atoms with Gasteiger partial charge in [-0.05, 0) is 18.6 Å². The van der Waals surface area contributed by atoms with Crippen LogP contribution in [0.5, 0.6) is 0 Å². The minimum atomic E-state index is 0.0664. The van der Waals surface area contributed by atoms with E-state index in [4.69, 9.17) is 21.8 Å². The molecular formula is C8H9ClN4OS. The smallest absolute Gasteiger partial charge is 0.316 e. The van der Waals surface area contributed by atoms with Crippen LogP contribution in [-0.2, 0) is 6.42 Å². The number of hydrogen-bond acceptors (Lipinski definition) is 6. The van der Waals surface area contributed by atoms with Crippen LogP contribution < -0.4 is 11.1 Å². The summed E-state index contributed by atoms with van der Waals surface area (Å²) in [6, 6.07) is 4.29.